The van der Waals surface area contributed by atoms with E-state index in [-0.39, 0.29) is 0 Å². The van der Waals surface area contributed by atoms with Crippen LogP contribution >= 0.6 is 12.2 Å². The van der Waals surface area contributed by atoms with Crippen LogP contribution in [0.15, 0.2) is 71.1 Å². The highest BCUT2D eigenvalue weighted by molar-refractivity contribution is 7.71. The van der Waals surface area contributed by atoms with Crippen LogP contribution in [0.25, 0.3) is 34.2 Å². The van der Waals surface area contributed by atoms with Gasteiger partial charge in [0.15, 0.2) is 0 Å². The molecule has 0 aliphatic carbocycles. The van der Waals surface area contributed by atoms with E-state index in [1.54, 1.807) is 4.68 Å². The summed E-state index contributed by atoms with van der Waals surface area (Å²) < 4.78 is 12.9. The molecule has 1 aliphatic rings. The Bertz CT molecular complexity index is 1160. The first-order chi connectivity index (χ1) is 15.3. The van der Waals surface area contributed by atoms with Gasteiger partial charge >= 0.3 is 0 Å². The van der Waals surface area contributed by atoms with Crippen molar-refractivity contribution >= 4 is 12.2 Å². The molecule has 0 N–H and O–H groups in total. The van der Waals surface area contributed by atoms with Gasteiger partial charge in [-0.25, -0.2) is 14.6 Å². The van der Waals surface area contributed by atoms with Gasteiger partial charge in [-0.1, -0.05) is 60.7 Å². The Kier molecular flexibility index (Phi) is 5.66. The molecule has 156 valence electrons. The maximum Gasteiger partial charge on any atom is 0.288 e. The first kappa shape index (κ1) is 19.7. The molecule has 5 rings (SSSR count). The lowest BCUT2D eigenvalue weighted by molar-refractivity contribution is 0.0206. The van der Waals surface area contributed by atoms with E-state index in [9.17, 15) is 0 Å². The molecule has 0 radical (unpaired) electrons. The Morgan fingerprint density at radius 2 is 1.42 bits per heavy atom. The molecular formula is C23H21N5O2S. The summed E-state index contributed by atoms with van der Waals surface area (Å²) in [4.78, 5) is 12.0. The first-order valence-electron chi connectivity index (χ1n) is 10.1. The number of hydrogen-bond acceptors (Lipinski definition) is 7. The zero-order valence-corrected chi connectivity index (χ0v) is 17.7. The van der Waals surface area contributed by atoms with Gasteiger partial charge in [-0.15, -0.1) is 5.10 Å². The van der Waals surface area contributed by atoms with Gasteiger partial charge < -0.3 is 9.15 Å². The maximum atomic E-state index is 5.81. The normalized spacial score (nSPS) is 14.6. The van der Waals surface area contributed by atoms with Crippen molar-refractivity contribution in [2.24, 2.45) is 0 Å². The number of hydrogen-bond donors (Lipinski definition) is 0. The topological polar surface area (TPSA) is 69.2 Å². The Balaban J connectivity index is 1.55. The standard InChI is InChI=1S/C23H21N5O2S/c31-23-28(16-27-11-13-29-14-12-27)26-22(30-23)21-24-19(17-7-3-1-4-8-17)15-20(25-21)18-9-5-2-6-10-18/h1-10,15H,11-14,16H2. The number of benzene rings is 2. The van der Waals surface area contributed by atoms with Crippen molar-refractivity contribution in [2.75, 3.05) is 26.3 Å². The molecule has 7 nitrogen and oxygen atoms in total. The molecule has 1 aliphatic heterocycles. The molecule has 4 aromatic rings. The summed E-state index contributed by atoms with van der Waals surface area (Å²) in [6, 6.07) is 22.0. The van der Waals surface area contributed by atoms with Gasteiger partial charge in [0.1, 0.15) is 0 Å². The number of aromatic nitrogens is 4. The third-order valence-electron chi connectivity index (χ3n) is 5.10. The first-order valence-corrected chi connectivity index (χ1v) is 10.6. The zero-order valence-electron chi connectivity index (χ0n) is 16.8. The highest BCUT2D eigenvalue weighted by Crippen LogP contribution is 2.27. The van der Waals surface area contributed by atoms with E-state index in [4.69, 9.17) is 31.3 Å². The highest BCUT2D eigenvalue weighted by Gasteiger charge is 2.18. The van der Waals surface area contributed by atoms with Crippen LogP contribution in [0.2, 0.25) is 0 Å². The minimum absolute atomic E-state index is 0.302. The average Bonchev–Trinajstić information content (AvgIpc) is 3.21. The van der Waals surface area contributed by atoms with Crippen molar-refractivity contribution in [3.63, 3.8) is 0 Å². The van der Waals surface area contributed by atoms with Crippen LogP contribution in [0.1, 0.15) is 0 Å². The lowest BCUT2D eigenvalue weighted by Gasteiger charge is -2.25. The van der Waals surface area contributed by atoms with Crippen molar-refractivity contribution in [3.05, 3.63) is 71.6 Å². The zero-order chi connectivity index (χ0) is 21.0. The number of rotatable bonds is 5. The Labute approximate surface area is 185 Å². The Hall–Kier alpha value is -3.20. The van der Waals surface area contributed by atoms with Gasteiger partial charge in [-0.2, -0.15) is 0 Å². The van der Waals surface area contributed by atoms with Crippen LogP contribution in [0, 0.1) is 4.84 Å². The largest absolute Gasteiger partial charge is 0.406 e. The second kappa shape index (κ2) is 8.89. The van der Waals surface area contributed by atoms with E-state index in [1.165, 1.54) is 0 Å². The van der Waals surface area contributed by atoms with Crippen LogP contribution in [0.5, 0.6) is 0 Å². The summed E-state index contributed by atoms with van der Waals surface area (Å²) in [5, 5.41) is 4.58. The van der Waals surface area contributed by atoms with Crippen LogP contribution < -0.4 is 0 Å². The molecular weight excluding hydrogens is 410 g/mol. The van der Waals surface area contributed by atoms with Crippen LogP contribution in [0.3, 0.4) is 0 Å². The van der Waals surface area contributed by atoms with Crippen molar-refractivity contribution in [3.8, 4) is 34.2 Å². The van der Waals surface area contributed by atoms with Crippen molar-refractivity contribution < 1.29 is 9.15 Å². The van der Waals surface area contributed by atoms with Gasteiger partial charge in [0.25, 0.3) is 10.7 Å². The predicted octanol–water partition coefficient (Wildman–Crippen LogP) is 4.29. The predicted molar refractivity (Wildman–Crippen MR) is 120 cm³/mol. The van der Waals surface area contributed by atoms with Crippen LogP contribution in [-0.4, -0.2) is 51.0 Å². The second-order valence-corrected chi connectivity index (χ2v) is 7.59. The highest BCUT2D eigenvalue weighted by atomic mass is 32.1. The van der Waals surface area contributed by atoms with E-state index in [1.807, 2.05) is 66.7 Å². The number of ether oxygens (including phenoxy) is 1. The SMILES string of the molecule is S=c1oc(-c2nc(-c3ccccc3)cc(-c3ccccc3)n2)nn1CN1CCOCC1. The Morgan fingerprint density at radius 1 is 0.839 bits per heavy atom. The van der Waals surface area contributed by atoms with Gasteiger partial charge in [-0.05, 0) is 18.3 Å². The van der Waals surface area contributed by atoms with E-state index in [0.717, 1.165) is 35.6 Å². The van der Waals surface area contributed by atoms with E-state index in [2.05, 4.69) is 10.00 Å². The van der Waals surface area contributed by atoms with Crippen molar-refractivity contribution in [1.29, 1.82) is 0 Å². The molecule has 1 fully saturated rings. The summed E-state index contributed by atoms with van der Waals surface area (Å²) in [5.74, 6) is 0.722. The third-order valence-corrected chi connectivity index (χ3v) is 5.39. The number of nitrogens with zero attached hydrogens (tertiary/aromatic N) is 5. The van der Waals surface area contributed by atoms with Gasteiger partial charge in [-0.3, -0.25) is 4.90 Å². The quantitative estimate of drug-likeness (QED) is 0.437. The molecule has 3 heterocycles. The maximum absolute atomic E-state index is 5.81. The molecule has 2 aromatic heterocycles. The molecule has 2 aromatic carbocycles. The van der Waals surface area contributed by atoms with Gasteiger partial charge in [0.05, 0.1) is 31.3 Å². The molecule has 0 amide bonds. The van der Waals surface area contributed by atoms with E-state index < -0.39 is 0 Å². The monoisotopic (exact) mass is 431 g/mol. The smallest absolute Gasteiger partial charge is 0.288 e. The molecule has 0 unspecified atom stereocenters. The van der Waals surface area contributed by atoms with Crippen molar-refractivity contribution in [2.45, 2.75) is 6.67 Å². The van der Waals surface area contributed by atoms with Crippen LogP contribution in [-0.2, 0) is 11.4 Å². The molecule has 0 spiro atoms. The lowest BCUT2D eigenvalue weighted by Crippen LogP contribution is -2.37. The van der Waals surface area contributed by atoms with Crippen LogP contribution in [0.4, 0.5) is 0 Å². The summed E-state index contributed by atoms with van der Waals surface area (Å²) >= 11 is 5.41. The van der Waals surface area contributed by atoms with Gasteiger partial charge in [0.2, 0.25) is 5.82 Å². The molecule has 0 bridgehead atoms. The summed E-state index contributed by atoms with van der Waals surface area (Å²) in [5.41, 5.74) is 3.59. The molecule has 0 atom stereocenters. The lowest BCUT2D eigenvalue weighted by atomic mass is 10.1. The fourth-order valence-corrected chi connectivity index (χ4v) is 3.65. The Morgan fingerprint density at radius 3 is 2.00 bits per heavy atom. The van der Waals surface area contributed by atoms with E-state index in [0.29, 0.717) is 36.4 Å². The molecule has 8 heteroatoms. The minimum atomic E-state index is 0.302. The minimum Gasteiger partial charge on any atom is -0.406 e. The van der Waals surface area contributed by atoms with Crippen molar-refractivity contribution in [1.82, 2.24) is 24.6 Å². The fourth-order valence-electron chi connectivity index (χ4n) is 3.47. The van der Waals surface area contributed by atoms with Gasteiger partial charge in [0, 0.05) is 24.2 Å². The average molecular weight is 432 g/mol. The summed E-state index contributed by atoms with van der Waals surface area (Å²) in [6.07, 6.45) is 0. The van der Waals surface area contributed by atoms with E-state index >= 15 is 0 Å². The summed E-state index contributed by atoms with van der Waals surface area (Å²) in [6.45, 7) is 3.64. The molecule has 0 saturated carbocycles. The summed E-state index contributed by atoms with van der Waals surface area (Å²) in [7, 11) is 0. The second-order valence-electron chi connectivity index (χ2n) is 7.24. The number of morpholine rings is 1. The molecule has 1 saturated heterocycles. The fraction of sp³-hybridized carbons (Fsp3) is 0.217. The third kappa shape index (κ3) is 4.46. The molecule has 31 heavy (non-hydrogen) atoms.